The molecule has 0 heterocycles. The second-order valence-electron chi connectivity index (χ2n) is 8.99. The molecule has 0 unspecified atom stereocenters. The van der Waals surface area contributed by atoms with Gasteiger partial charge < -0.3 is 10.1 Å². The fourth-order valence-corrected chi connectivity index (χ4v) is 6.48. The minimum absolute atomic E-state index is 0.137. The topological polar surface area (TPSA) is 102 Å². The number of hydrogen-bond acceptors (Lipinski definition) is 5. The van der Waals surface area contributed by atoms with Crippen LogP contribution in [0.1, 0.15) is 44.1 Å². The third-order valence-electron chi connectivity index (χ3n) is 6.46. The molecule has 162 valence electrons. The van der Waals surface area contributed by atoms with Crippen LogP contribution in [0, 0.1) is 17.8 Å². The fraction of sp³-hybridized carbons (Fsp3) is 0.545. The predicted octanol–water partition coefficient (Wildman–Crippen LogP) is 2.20. The molecule has 7 nitrogen and oxygen atoms in total. The van der Waals surface area contributed by atoms with Crippen molar-refractivity contribution in [1.82, 2.24) is 10.0 Å². The number of benzene rings is 1. The van der Waals surface area contributed by atoms with Crippen molar-refractivity contribution in [2.45, 2.75) is 44.1 Å². The molecule has 0 atom stereocenters. The van der Waals surface area contributed by atoms with E-state index in [9.17, 15) is 18.0 Å². The maximum absolute atomic E-state index is 12.4. The highest BCUT2D eigenvalue weighted by atomic mass is 32.2. The van der Waals surface area contributed by atoms with Crippen molar-refractivity contribution in [3.8, 4) is 0 Å². The van der Waals surface area contributed by atoms with Gasteiger partial charge in [-0.1, -0.05) is 30.3 Å². The van der Waals surface area contributed by atoms with E-state index < -0.39 is 22.5 Å². The summed E-state index contributed by atoms with van der Waals surface area (Å²) in [5.41, 5.74) is 0.592. The summed E-state index contributed by atoms with van der Waals surface area (Å²) >= 11 is 0. The Morgan fingerprint density at radius 2 is 1.63 bits per heavy atom. The lowest BCUT2D eigenvalue weighted by molar-refractivity contribution is -0.149. The van der Waals surface area contributed by atoms with E-state index in [1.54, 1.807) is 24.3 Å². The summed E-state index contributed by atoms with van der Waals surface area (Å²) < 4.78 is 31.1. The third-order valence-corrected chi connectivity index (χ3v) is 7.51. The summed E-state index contributed by atoms with van der Waals surface area (Å²) in [6.07, 6.45) is 8.34. The van der Waals surface area contributed by atoms with Gasteiger partial charge in [0.15, 0.2) is 6.61 Å². The summed E-state index contributed by atoms with van der Waals surface area (Å²) in [4.78, 5) is 24.2. The molecular formula is C22H28N2O5S. The molecule has 0 spiro atoms. The second-order valence-corrected chi connectivity index (χ2v) is 10.6. The van der Waals surface area contributed by atoms with E-state index in [0.29, 0.717) is 17.8 Å². The molecule has 4 bridgehead atoms. The molecule has 4 fully saturated rings. The van der Waals surface area contributed by atoms with Gasteiger partial charge in [0.25, 0.3) is 5.91 Å². The number of esters is 1. The third kappa shape index (κ3) is 5.29. The van der Waals surface area contributed by atoms with Crippen LogP contribution < -0.4 is 10.0 Å². The monoisotopic (exact) mass is 432 g/mol. The highest BCUT2D eigenvalue weighted by Gasteiger charge is 2.51. The molecule has 1 aromatic carbocycles. The van der Waals surface area contributed by atoms with Crippen molar-refractivity contribution < 1.29 is 22.7 Å². The quantitative estimate of drug-likeness (QED) is 0.613. The Bertz CT molecular complexity index is 891. The average molecular weight is 433 g/mol. The Hall–Kier alpha value is -2.19. The lowest BCUT2D eigenvalue weighted by Gasteiger charge is -2.56. The van der Waals surface area contributed by atoms with Crippen LogP contribution in [0.5, 0.6) is 0 Å². The molecule has 5 rings (SSSR count). The van der Waals surface area contributed by atoms with Crippen molar-refractivity contribution in [2.75, 3.05) is 13.2 Å². The molecule has 0 aliphatic heterocycles. The number of amides is 1. The largest absolute Gasteiger partial charge is 0.455 e. The number of ether oxygens (including phenoxy) is 1. The fourth-order valence-electron chi connectivity index (χ4n) is 5.73. The van der Waals surface area contributed by atoms with Gasteiger partial charge in [0.2, 0.25) is 10.0 Å². The van der Waals surface area contributed by atoms with Gasteiger partial charge in [-0.05, 0) is 67.9 Å². The molecular weight excluding hydrogens is 404 g/mol. The van der Waals surface area contributed by atoms with Crippen LogP contribution in [0.2, 0.25) is 0 Å². The van der Waals surface area contributed by atoms with Gasteiger partial charge in [0.05, 0.1) is 0 Å². The van der Waals surface area contributed by atoms with Gasteiger partial charge >= 0.3 is 5.97 Å². The van der Waals surface area contributed by atoms with Gasteiger partial charge in [-0.25, -0.2) is 13.1 Å². The zero-order valence-electron chi connectivity index (χ0n) is 16.9. The summed E-state index contributed by atoms with van der Waals surface area (Å²) in [5, 5.41) is 4.12. The number of sulfonamides is 1. The molecule has 4 aliphatic carbocycles. The number of carbonyl (C=O) groups is 2. The number of carbonyl (C=O) groups excluding carboxylic acids is 2. The number of rotatable bonds is 8. The minimum atomic E-state index is -3.78. The molecule has 0 radical (unpaired) electrons. The maximum atomic E-state index is 12.4. The lowest BCUT2D eigenvalue weighted by Crippen LogP contribution is -2.60. The summed E-state index contributed by atoms with van der Waals surface area (Å²) in [5.74, 6) is 1.02. The first-order chi connectivity index (χ1) is 14.3. The van der Waals surface area contributed by atoms with Crippen LogP contribution in [0.15, 0.2) is 35.7 Å². The van der Waals surface area contributed by atoms with Gasteiger partial charge in [-0.2, -0.15) is 0 Å². The first-order valence-electron chi connectivity index (χ1n) is 10.5. The van der Waals surface area contributed by atoms with E-state index in [1.807, 2.05) is 6.07 Å². The first-order valence-corrected chi connectivity index (χ1v) is 12.0. The molecule has 4 aliphatic rings. The Labute approximate surface area is 177 Å². The Kier molecular flexibility index (Phi) is 5.97. The van der Waals surface area contributed by atoms with Crippen molar-refractivity contribution in [3.63, 3.8) is 0 Å². The Morgan fingerprint density at radius 1 is 1.03 bits per heavy atom. The van der Waals surface area contributed by atoms with Gasteiger partial charge in [0, 0.05) is 10.9 Å². The van der Waals surface area contributed by atoms with Crippen LogP contribution in [0.3, 0.4) is 0 Å². The van der Waals surface area contributed by atoms with Crippen molar-refractivity contribution in [3.05, 3.63) is 41.3 Å². The van der Waals surface area contributed by atoms with Crippen LogP contribution >= 0.6 is 0 Å². The molecule has 8 heteroatoms. The first kappa shape index (κ1) is 21.1. The highest BCUT2D eigenvalue weighted by molar-refractivity contribution is 7.92. The SMILES string of the molecule is O=C(COC(=O)CNS(=O)(=O)C=Cc1ccccc1)NC12CC3CC(CC(C3)C1)C2. The zero-order valence-corrected chi connectivity index (χ0v) is 17.7. The standard InChI is InChI=1S/C22H28N2O5S/c25-20(24-22-11-17-8-18(12-22)10-19(9-17)13-22)15-29-21(26)14-23-30(27,28)7-6-16-4-2-1-3-5-16/h1-7,17-19,23H,8-15H2,(H,24,25). The van der Waals surface area contributed by atoms with E-state index in [2.05, 4.69) is 10.0 Å². The van der Waals surface area contributed by atoms with Gasteiger partial charge in [0.1, 0.15) is 6.54 Å². The van der Waals surface area contributed by atoms with Crippen LogP contribution in [-0.2, 0) is 24.3 Å². The van der Waals surface area contributed by atoms with Crippen LogP contribution in [0.25, 0.3) is 6.08 Å². The second kappa shape index (κ2) is 8.51. The molecule has 0 aromatic heterocycles. The molecule has 1 aromatic rings. The Balaban J connectivity index is 1.20. The van der Waals surface area contributed by atoms with Gasteiger partial charge in [-0.15, -0.1) is 0 Å². The lowest BCUT2D eigenvalue weighted by atomic mass is 9.53. The van der Waals surface area contributed by atoms with Gasteiger partial charge in [-0.3, -0.25) is 9.59 Å². The number of hydrogen-bond donors (Lipinski definition) is 2. The average Bonchev–Trinajstić information content (AvgIpc) is 2.69. The normalized spacial score (nSPS) is 29.8. The number of nitrogens with one attached hydrogen (secondary N) is 2. The van der Waals surface area contributed by atoms with E-state index >= 15 is 0 Å². The predicted molar refractivity (Wildman–Crippen MR) is 112 cm³/mol. The summed E-state index contributed by atoms with van der Waals surface area (Å²) in [6, 6.07) is 8.96. The molecule has 0 saturated heterocycles. The molecule has 2 N–H and O–H groups in total. The van der Waals surface area contributed by atoms with E-state index in [0.717, 1.165) is 30.2 Å². The highest BCUT2D eigenvalue weighted by Crippen LogP contribution is 2.55. The maximum Gasteiger partial charge on any atom is 0.321 e. The molecule has 1 amide bonds. The van der Waals surface area contributed by atoms with E-state index in [-0.39, 0.29) is 18.1 Å². The Morgan fingerprint density at radius 3 is 2.23 bits per heavy atom. The minimum Gasteiger partial charge on any atom is -0.455 e. The van der Waals surface area contributed by atoms with Crippen LogP contribution in [0.4, 0.5) is 0 Å². The van der Waals surface area contributed by atoms with Crippen LogP contribution in [-0.4, -0.2) is 39.0 Å². The van der Waals surface area contributed by atoms with E-state index in [1.165, 1.54) is 25.3 Å². The zero-order chi connectivity index (χ0) is 21.2. The molecule has 30 heavy (non-hydrogen) atoms. The van der Waals surface area contributed by atoms with Crippen molar-refractivity contribution >= 4 is 28.0 Å². The van der Waals surface area contributed by atoms with Crippen molar-refractivity contribution in [2.24, 2.45) is 17.8 Å². The van der Waals surface area contributed by atoms with Crippen molar-refractivity contribution in [1.29, 1.82) is 0 Å². The summed E-state index contributed by atoms with van der Waals surface area (Å²) in [6.45, 7) is -0.908. The smallest absolute Gasteiger partial charge is 0.321 e. The van der Waals surface area contributed by atoms with E-state index in [4.69, 9.17) is 4.74 Å². The molecule has 4 saturated carbocycles. The summed E-state index contributed by atoms with van der Waals surface area (Å²) in [7, 11) is -3.78.